The van der Waals surface area contributed by atoms with Gasteiger partial charge in [-0.3, -0.25) is 0 Å². The fraction of sp³-hybridized carbons (Fsp3) is 0.611. The molecule has 0 nitrogen and oxygen atoms in total. The molecule has 0 heteroatoms. The molecule has 0 N–H and O–H groups in total. The molecule has 0 bridgehead atoms. The summed E-state index contributed by atoms with van der Waals surface area (Å²) in [5, 5.41) is 0. The van der Waals surface area contributed by atoms with Crippen LogP contribution in [-0.4, -0.2) is 0 Å². The predicted molar refractivity (Wildman–Crippen MR) is 81.7 cm³/mol. The molecule has 1 radical (unpaired) electrons. The summed E-state index contributed by atoms with van der Waals surface area (Å²) >= 11 is 0. The van der Waals surface area contributed by atoms with Crippen LogP contribution in [0, 0.1) is 6.92 Å². The third-order valence-corrected chi connectivity index (χ3v) is 3.56. The first kappa shape index (κ1) is 15.3. The van der Waals surface area contributed by atoms with E-state index >= 15 is 0 Å². The third-order valence-electron chi connectivity index (χ3n) is 3.56. The van der Waals surface area contributed by atoms with Crippen LogP contribution < -0.4 is 0 Å². The lowest BCUT2D eigenvalue weighted by Crippen LogP contribution is -1.86. The summed E-state index contributed by atoms with van der Waals surface area (Å²) in [6.07, 6.45) is 14.9. The Balaban J connectivity index is 1.82. The van der Waals surface area contributed by atoms with Crippen LogP contribution in [-0.2, 0) is 6.42 Å². The van der Waals surface area contributed by atoms with E-state index in [4.69, 9.17) is 0 Å². The molecule has 0 saturated heterocycles. The van der Waals surface area contributed by atoms with Crippen molar-refractivity contribution in [3.05, 3.63) is 42.8 Å². The van der Waals surface area contributed by atoms with Crippen LogP contribution in [0.25, 0.3) is 0 Å². The number of hydrogen-bond acceptors (Lipinski definition) is 0. The maximum Gasteiger partial charge on any atom is -0.0279 e. The van der Waals surface area contributed by atoms with Gasteiger partial charge in [0.1, 0.15) is 0 Å². The monoisotopic (exact) mass is 245 g/mol. The Morgan fingerprint density at radius 1 is 0.611 bits per heavy atom. The quantitative estimate of drug-likeness (QED) is 0.422. The molecular formula is C18H29. The van der Waals surface area contributed by atoms with Gasteiger partial charge in [-0.05, 0) is 18.4 Å². The zero-order valence-electron chi connectivity index (χ0n) is 11.9. The summed E-state index contributed by atoms with van der Waals surface area (Å²) in [7, 11) is 0. The second kappa shape index (κ2) is 11.3. The maximum absolute atomic E-state index is 3.88. The van der Waals surface area contributed by atoms with Crippen molar-refractivity contribution in [2.45, 2.75) is 70.6 Å². The summed E-state index contributed by atoms with van der Waals surface area (Å²) in [5.74, 6) is 0. The highest BCUT2D eigenvalue weighted by atomic mass is 14.0. The van der Waals surface area contributed by atoms with E-state index in [1.165, 1.54) is 69.8 Å². The molecule has 1 rings (SSSR count). The van der Waals surface area contributed by atoms with Crippen LogP contribution in [0.2, 0.25) is 0 Å². The van der Waals surface area contributed by atoms with Gasteiger partial charge < -0.3 is 0 Å². The molecule has 0 aliphatic rings. The maximum atomic E-state index is 3.88. The molecule has 0 aliphatic heterocycles. The van der Waals surface area contributed by atoms with Crippen LogP contribution in [0.4, 0.5) is 0 Å². The molecule has 0 spiro atoms. The van der Waals surface area contributed by atoms with Crippen LogP contribution >= 0.6 is 0 Å². The highest BCUT2D eigenvalue weighted by Crippen LogP contribution is 2.12. The molecule has 0 amide bonds. The Labute approximate surface area is 114 Å². The van der Waals surface area contributed by atoms with Gasteiger partial charge in [0.05, 0.1) is 0 Å². The topological polar surface area (TPSA) is 0 Å². The second-order valence-corrected chi connectivity index (χ2v) is 5.27. The molecule has 0 unspecified atom stereocenters. The van der Waals surface area contributed by atoms with Crippen molar-refractivity contribution in [1.29, 1.82) is 0 Å². The van der Waals surface area contributed by atoms with Gasteiger partial charge in [0.15, 0.2) is 0 Å². The molecule has 0 aliphatic carbocycles. The van der Waals surface area contributed by atoms with Crippen molar-refractivity contribution in [2.24, 2.45) is 0 Å². The van der Waals surface area contributed by atoms with Gasteiger partial charge in [-0.2, -0.15) is 0 Å². The van der Waals surface area contributed by atoms with E-state index in [9.17, 15) is 0 Å². The lowest BCUT2D eigenvalue weighted by Gasteiger charge is -2.03. The first-order valence-electron chi connectivity index (χ1n) is 7.76. The molecule has 0 fully saturated rings. The lowest BCUT2D eigenvalue weighted by molar-refractivity contribution is 0.560. The Morgan fingerprint density at radius 3 is 1.67 bits per heavy atom. The fourth-order valence-electron chi connectivity index (χ4n) is 2.39. The van der Waals surface area contributed by atoms with Crippen LogP contribution in [0.5, 0.6) is 0 Å². The normalized spacial score (nSPS) is 10.7. The summed E-state index contributed by atoms with van der Waals surface area (Å²) < 4.78 is 0. The van der Waals surface area contributed by atoms with Gasteiger partial charge in [-0.1, -0.05) is 95.0 Å². The SMILES string of the molecule is [CH2]CCCCCCCCCCCc1ccccc1. The number of hydrogen-bond donors (Lipinski definition) is 0. The van der Waals surface area contributed by atoms with Gasteiger partial charge in [-0.15, -0.1) is 0 Å². The van der Waals surface area contributed by atoms with E-state index in [0.717, 1.165) is 6.42 Å². The minimum absolute atomic E-state index is 1.11. The van der Waals surface area contributed by atoms with E-state index in [1.807, 2.05) is 0 Å². The highest BCUT2D eigenvalue weighted by Gasteiger charge is 1.94. The van der Waals surface area contributed by atoms with Gasteiger partial charge in [-0.25, -0.2) is 0 Å². The van der Waals surface area contributed by atoms with Crippen molar-refractivity contribution in [3.8, 4) is 0 Å². The minimum atomic E-state index is 1.11. The van der Waals surface area contributed by atoms with Crippen LogP contribution in [0.15, 0.2) is 30.3 Å². The van der Waals surface area contributed by atoms with Crippen LogP contribution in [0.1, 0.15) is 69.8 Å². The number of benzene rings is 1. The van der Waals surface area contributed by atoms with Gasteiger partial charge in [0.25, 0.3) is 0 Å². The van der Waals surface area contributed by atoms with Crippen molar-refractivity contribution < 1.29 is 0 Å². The molecule has 18 heavy (non-hydrogen) atoms. The molecule has 0 atom stereocenters. The van der Waals surface area contributed by atoms with Crippen molar-refractivity contribution in [1.82, 2.24) is 0 Å². The van der Waals surface area contributed by atoms with E-state index < -0.39 is 0 Å². The van der Waals surface area contributed by atoms with E-state index in [2.05, 4.69) is 37.3 Å². The largest absolute Gasteiger partial charge is 0.0622 e. The Bertz CT molecular complexity index is 263. The van der Waals surface area contributed by atoms with E-state index in [0.29, 0.717) is 0 Å². The fourth-order valence-corrected chi connectivity index (χ4v) is 2.39. The summed E-state index contributed by atoms with van der Waals surface area (Å²) in [5.41, 5.74) is 1.49. The molecule has 0 aromatic heterocycles. The Morgan fingerprint density at radius 2 is 1.11 bits per heavy atom. The van der Waals surface area contributed by atoms with E-state index in [-0.39, 0.29) is 0 Å². The zero-order chi connectivity index (χ0) is 12.9. The van der Waals surface area contributed by atoms with Crippen molar-refractivity contribution >= 4 is 0 Å². The number of unbranched alkanes of at least 4 members (excludes halogenated alkanes) is 9. The molecule has 1 aromatic rings. The van der Waals surface area contributed by atoms with Gasteiger partial charge in [0, 0.05) is 0 Å². The Hall–Kier alpha value is -0.780. The van der Waals surface area contributed by atoms with Gasteiger partial charge in [0.2, 0.25) is 0 Å². The molecule has 1 aromatic carbocycles. The average Bonchev–Trinajstić information content (AvgIpc) is 2.42. The van der Waals surface area contributed by atoms with Crippen LogP contribution in [0.3, 0.4) is 0 Å². The van der Waals surface area contributed by atoms with Crippen molar-refractivity contribution in [3.63, 3.8) is 0 Å². The first-order valence-corrected chi connectivity index (χ1v) is 7.76. The Kier molecular flexibility index (Phi) is 9.61. The second-order valence-electron chi connectivity index (χ2n) is 5.27. The summed E-state index contributed by atoms with van der Waals surface area (Å²) in [4.78, 5) is 0. The third kappa shape index (κ3) is 8.33. The smallest absolute Gasteiger partial charge is 0.0279 e. The molecule has 0 saturated carbocycles. The summed E-state index contributed by atoms with van der Waals surface area (Å²) in [6.45, 7) is 3.88. The first-order chi connectivity index (χ1) is 8.93. The number of aryl methyl sites for hydroxylation is 1. The molecule has 0 heterocycles. The standard InChI is InChI=1S/C18H29/c1-2-3-4-5-6-7-8-9-10-12-15-18-16-13-11-14-17-18/h11,13-14,16-17H,1-10,12,15H2. The predicted octanol–water partition coefficient (Wildman–Crippen LogP) is 5.96. The average molecular weight is 245 g/mol. The number of rotatable bonds is 11. The lowest BCUT2D eigenvalue weighted by atomic mass is 10.0. The van der Waals surface area contributed by atoms with Gasteiger partial charge >= 0.3 is 0 Å². The van der Waals surface area contributed by atoms with E-state index in [1.54, 1.807) is 0 Å². The molecule has 101 valence electrons. The minimum Gasteiger partial charge on any atom is -0.0622 e. The van der Waals surface area contributed by atoms with Crippen molar-refractivity contribution in [2.75, 3.05) is 0 Å². The summed E-state index contributed by atoms with van der Waals surface area (Å²) in [6, 6.07) is 10.9. The zero-order valence-corrected chi connectivity index (χ0v) is 11.9. The molecular weight excluding hydrogens is 216 g/mol. The highest BCUT2D eigenvalue weighted by molar-refractivity contribution is 5.14.